The summed E-state index contributed by atoms with van der Waals surface area (Å²) in [5.74, 6) is -0.0596. The van der Waals surface area contributed by atoms with Gasteiger partial charge < -0.3 is 19.0 Å². The lowest BCUT2D eigenvalue weighted by molar-refractivity contribution is 0.0964. The number of carbonyl (C=O) groups excluding carboxylic acids is 1. The summed E-state index contributed by atoms with van der Waals surface area (Å²) in [6, 6.07) is 16.0. The van der Waals surface area contributed by atoms with Gasteiger partial charge in [0.2, 0.25) is 5.71 Å². The molecule has 0 aliphatic heterocycles. The number of pyridine rings is 1. The van der Waals surface area contributed by atoms with Gasteiger partial charge >= 0.3 is 0 Å². The summed E-state index contributed by atoms with van der Waals surface area (Å²) in [7, 11) is 1.48. The number of amides is 1. The first-order valence-corrected chi connectivity index (χ1v) is 12.8. The van der Waals surface area contributed by atoms with Gasteiger partial charge in [-0.05, 0) is 54.4 Å². The fourth-order valence-electron chi connectivity index (χ4n) is 4.01. The third-order valence-electron chi connectivity index (χ3n) is 5.87. The number of halogens is 1. The summed E-state index contributed by atoms with van der Waals surface area (Å²) in [5, 5.41) is 12.2. The molecular formula is C27H24FN4O5S-. The van der Waals surface area contributed by atoms with Gasteiger partial charge in [0.05, 0.1) is 23.1 Å². The Morgan fingerprint density at radius 2 is 2.00 bits per heavy atom. The molecular weight excluding hydrogens is 511 g/mol. The topological polar surface area (TPSA) is 132 Å². The molecule has 1 amide bonds. The molecule has 0 fully saturated rings. The average molecular weight is 536 g/mol. The van der Waals surface area contributed by atoms with Crippen molar-refractivity contribution in [3.05, 3.63) is 77.1 Å². The smallest absolute Gasteiger partial charge is 0.255 e. The van der Waals surface area contributed by atoms with Gasteiger partial charge in [0.25, 0.3) is 5.91 Å². The van der Waals surface area contributed by atoms with E-state index in [4.69, 9.17) is 9.15 Å². The minimum Gasteiger partial charge on any atom is -0.755 e. The normalized spacial score (nSPS) is 11.7. The predicted molar refractivity (Wildman–Crippen MR) is 140 cm³/mol. The van der Waals surface area contributed by atoms with Gasteiger partial charge in [-0.3, -0.25) is 13.3 Å². The first kappa shape index (κ1) is 26.8. The Morgan fingerprint density at radius 1 is 1.26 bits per heavy atom. The van der Waals surface area contributed by atoms with Crippen molar-refractivity contribution in [2.75, 3.05) is 24.5 Å². The maximum atomic E-state index is 13.5. The maximum Gasteiger partial charge on any atom is 0.255 e. The molecule has 0 bridgehead atoms. The van der Waals surface area contributed by atoms with Gasteiger partial charge in [0, 0.05) is 36.8 Å². The largest absolute Gasteiger partial charge is 0.755 e. The van der Waals surface area contributed by atoms with Crippen molar-refractivity contribution in [1.29, 1.82) is 5.26 Å². The maximum absolute atomic E-state index is 13.5. The first-order chi connectivity index (χ1) is 18.4. The van der Waals surface area contributed by atoms with Crippen molar-refractivity contribution < 1.29 is 27.1 Å². The lowest BCUT2D eigenvalue weighted by Crippen LogP contribution is -2.29. The second-order valence-electron chi connectivity index (χ2n) is 8.20. The van der Waals surface area contributed by atoms with Crippen molar-refractivity contribution in [3.8, 4) is 23.1 Å². The van der Waals surface area contributed by atoms with Crippen molar-refractivity contribution >= 4 is 34.1 Å². The van der Waals surface area contributed by atoms with Gasteiger partial charge in [-0.2, -0.15) is 10.2 Å². The molecule has 2 aromatic heterocycles. The van der Waals surface area contributed by atoms with Crippen LogP contribution in [0.1, 0.15) is 34.8 Å². The van der Waals surface area contributed by atoms with Crippen LogP contribution in [0, 0.1) is 17.1 Å². The van der Waals surface area contributed by atoms with E-state index in [1.807, 2.05) is 6.92 Å². The molecule has 4 aromatic rings. The Kier molecular flexibility index (Phi) is 8.35. The highest BCUT2D eigenvalue weighted by Gasteiger charge is 2.25. The SMILES string of the molecule is CCc1cc2c(C(=O)NC)c(-c3ccc(F)cc3)oc2nc1N(CCCOc1ccccc1C#N)S(=O)[O-]. The second kappa shape index (κ2) is 11.9. The van der Waals surface area contributed by atoms with E-state index in [0.717, 1.165) is 4.31 Å². The van der Waals surface area contributed by atoms with Gasteiger partial charge in [0.1, 0.15) is 29.2 Å². The summed E-state index contributed by atoms with van der Waals surface area (Å²) < 4.78 is 50.7. The molecule has 0 saturated carbocycles. The molecule has 2 heterocycles. The minimum atomic E-state index is -2.66. The number of aryl methyl sites for hydroxylation is 1. The van der Waals surface area contributed by atoms with Crippen LogP contribution in [0.15, 0.2) is 59.0 Å². The highest BCUT2D eigenvalue weighted by atomic mass is 32.2. The number of hydrogen-bond acceptors (Lipinski definition) is 7. The van der Waals surface area contributed by atoms with E-state index in [9.17, 15) is 23.2 Å². The van der Waals surface area contributed by atoms with Crippen LogP contribution >= 0.6 is 0 Å². The Morgan fingerprint density at radius 3 is 2.66 bits per heavy atom. The standard InChI is InChI=1S/C27H25FN4O5S/c1-3-17-15-21-23(26(33)30-2)24(18-9-11-20(28)12-10-18)37-27(21)31-25(17)32(38(34)35)13-6-14-36-22-8-5-4-7-19(22)16-29/h4-5,7-12,15H,3,6,13-14H2,1-2H3,(H,30,33)(H,34,35)/p-1. The fraction of sp³-hybridized carbons (Fsp3) is 0.222. The van der Waals surface area contributed by atoms with E-state index in [1.165, 1.54) is 31.3 Å². The Labute approximate surface area is 221 Å². The zero-order valence-corrected chi connectivity index (χ0v) is 21.5. The molecule has 1 unspecified atom stereocenters. The van der Waals surface area contributed by atoms with Gasteiger partial charge in [0.15, 0.2) is 0 Å². The summed E-state index contributed by atoms with van der Waals surface area (Å²) in [5.41, 5.74) is 1.75. The van der Waals surface area contributed by atoms with E-state index in [-0.39, 0.29) is 36.0 Å². The zero-order chi connectivity index (χ0) is 27.2. The number of para-hydroxylation sites is 1. The summed E-state index contributed by atoms with van der Waals surface area (Å²) in [6.07, 6.45) is 0.751. The molecule has 2 aromatic carbocycles. The summed E-state index contributed by atoms with van der Waals surface area (Å²) in [4.78, 5) is 17.3. The predicted octanol–water partition coefficient (Wildman–Crippen LogP) is 4.50. The third-order valence-corrected chi connectivity index (χ3v) is 6.58. The minimum absolute atomic E-state index is 0.0597. The zero-order valence-electron chi connectivity index (χ0n) is 20.7. The molecule has 11 heteroatoms. The number of anilines is 1. The monoisotopic (exact) mass is 535 g/mol. The van der Waals surface area contributed by atoms with Crippen LogP contribution in [0.5, 0.6) is 5.75 Å². The average Bonchev–Trinajstić information content (AvgIpc) is 3.30. The van der Waals surface area contributed by atoms with Crippen molar-refractivity contribution in [3.63, 3.8) is 0 Å². The van der Waals surface area contributed by atoms with E-state index in [1.54, 1.807) is 30.3 Å². The Balaban J connectivity index is 1.68. The molecule has 0 saturated heterocycles. The highest BCUT2D eigenvalue weighted by Crippen LogP contribution is 2.36. The Hall–Kier alpha value is -4.27. The summed E-state index contributed by atoms with van der Waals surface area (Å²) >= 11 is -2.66. The number of nitrogens with zero attached hydrogens (tertiary/aromatic N) is 3. The molecule has 1 N–H and O–H groups in total. The molecule has 4 rings (SSSR count). The van der Waals surface area contributed by atoms with Crippen LogP contribution in [0.2, 0.25) is 0 Å². The number of hydrogen-bond donors (Lipinski definition) is 1. The van der Waals surface area contributed by atoms with Crippen LogP contribution in [-0.4, -0.2) is 39.9 Å². The molecule has 0 spiro atoms. The van der Waals surface area contributed by atoms with Crippen LogP contribution in [0.4, 0.5) is 10.2 Å². The van der Waals surface area contributed by atoms with Crippen LogP contribution in [0.3, 0.4) is 0 Å². The number of carbonyl (C=O) groups is 1. The second-order valence-corrected chi connectivity index (χ2v) is 9.07. The van der Waals surface area contributed by atoms with Gasteiger partial charge in [-0.25, -0.2) is 4.39 Å². The molecule has 196 valence electrons. The third kappa shape index (κ3) is 5.51. The van der Waals surface area contributed by atoms with E-state index >= 15 is 0 Å². The molecule has 0 aliphatic carbocycles. The highest BCUT2D eigenvalue weighted by molar-refractivity contribution is 7.80. The molecule has 0 radical (unpaired) electrons. The lowest BCUT2D eigenvalue weighted by Gasteiger charge is -2.27. The van der Waals surface area contributed by atoms with E-state index in [2.05, 4.69) is 16.4 Å². The van der Waals surface area contributed by atoms with Crippen molar-refractivity contribution in [1.82, 2.24) is 10.3 Å². The Bertz CT molecular complexity index is 1530. The fourth-order valence-corrected chi connectivity index (χ4v) is 4.59. The number of rotatable bonds is 10. The van der Waals surface area contributed by atoms with Crippen molar-refractivity contribution in [2.45, 2.75) is 19.8 Å². The number of fused-ring (bicyclic) bond motifs is 1. The molecule has 38 heavy (non-hydrogen) atoms. The quantitative estimate of drug-likeness (QED) is 0.234. The van der Waals surface area contributed by atoms with E-state index in [0.29, 0.717) is 40.7 Å². The number of aromatic nitrogens is 1. The number of nitrogens with one attached hydrogen (secondary N) is 1. The first-order valence-electron chi connectivity index (χ1n) is 11.8. The molecule has 9 nitrogen and oxygen atoms in total. The lowest BCUT2D eigenvalue weighted by atomic mass is 10.0. The number of ether oxygens (including phenoxy) is 1. The van der Waals surface area contributed by atoms with E-state index < -0.39 is 23.0 Å². The molecule has 0 aliphatic rings. The van der Waals surface area contributed by atoms with Gasteiger partial charge in [-0.15, -0.1) is 0 Å². The number of benzene rings is 2. The summed E-state index contributed by atoms with van der Waals surface area (Å²) in [6.45, 7) is 2.08. The van der Waals surface area contributed by atoms with Crippen LogP contribution in [-0.2, 0) is 17.7 Å². The van der Waals surface area contributed by atoms with Gasteiger partial charge in [-0.1, -0.05) is 19.1 Å². The molecule has 1 atom stereocenters. The van der Waals surface area contributed by atoms with Crippen molar-refractivity contribution in [2.24, 2.45) is 0 Å². The van der Waals surface area contributed by atoms with Crippen LogP contribution < -0.4 is 14.4 Å². The van der Waals surface area contributed by atoms with Crippen LogP contribution in [0.25, 0.3) is 22.4 Å². The number of furan rings is 1. The number of nitriles is 1.